The average Bonchev–Trinajstić information content (AvgIpc) is 2.69. The number of carbonyl (C=O) groups excluding carboxylic acids is 1. The number of nitrogens with zero attached hydrogens (tertiary/aromatic N) is 1. The molecule has 18 heavy (non-hydrogen) atoms. The summed E-state index contributed by atoms with van der Waals surface area (Å²) in [5.74, 6) is 2.15. The Labute approximate surface area is 114 Å². The number of thioether (sulfide) groups is 1. The van der Waals surface area contributed by atoms with Gasteiger partial charge < -0.3 is 10.1 Å². The summed E-state index contributed by atoms with van der Waals surface area (Å²) in [6, 6.07) is 0. The van der Waals surface area contributed by atoms with Crippen LogP contribution in [0.4, 0.5) is 0 Å². The van der Waals surface area contributed by atoms with Crippen LogP contribution in [0.2, 0.25) is 0 Å². The first-order chi connectivity index (χ1) is 8.79. The molecular weight excluding hydrogens is 248 g/mol. The second-order valence-electron chi connectivity index (χ2n) is 4.96. The smallest absolute Gasteiger partial charge is 0.326 e. The minimum Gasteiger partial charge on any atom is -0.465 e. The maximum absolute atomic E-state index is 12.4. The van der Waals surface area contributed by atoms with Crippen LogP contribution in [0.15, 0.2) is 0 Å². The molecule has 0 saturated carbocycles. The van der Waals surface area contributed by atoms with Crippen LogP contribution < -0.4 is 5.32 Å². The molecule has 2 aliphatic rings. The van der Waals surface area contributed by atoms with E-state index in [-0.39, 0.29) is 11.5 Å². The third kappa shape index (κ3) is 3.00. The molecule has 0 atom stereocenters. The zero-order valence-electron chi connectivity index (χ0n) is 11.2. The summed E-state index contributed by atoms with van der Waals surface area (Å²) >= 11 is 1.95. The van der Waals surface area contributed by atoms with Gasteiger partial charge in [0.25, 0.3) is 0 Å². The normalized spacial score (nSPS) is 25.4. The van der Waals surface area contributed by atoms with Gasteiger partial charge in [0, 0.05) is 19.6 Å². The lowest BCUT2D eigenvalue weighted by Crippen LogP contribution is -2.58. The predicted molar refractivity (Wildman–Crippen MR) is 75.0 cm³/mol. The zero-order chi connectivity index (χ0) is 12.8. The van der Waals surface area contributed by atoms with Crippen LogP contribution in [0.25, 0.3) is 0 Å². The number of hydrogen-bond acceptors (Lipinski definition) is 5. The van der Waals surface area contributed by atoms with Crippen LogP contribution in [-0.4, -0.2) is 60.7 Å². The Morgan fingerprint density at radius 3 is 2.83 bits per heavy atom. The van der Waals surface area contributed by atoms with Crippen molar-refractivity contribution in [3.63, 3.8) is 0 Å². The molecule has 0 aromatic carbocycles. The van der Waals surface area contributed by atoms with Gasteiger partial charge in [-0.2, -0.15) is 11.8 Å². The molecule has 0 amide bonds. The van der Waals surface area contributed by atoms with E-state index in [1.54, 1.807) is 0 Å². The first kappa shape index (κ1) is 14.2. The van der Waals surface area contributed by atoms with Gasteiger partial charge in [-0.3, -0.25) is 9.69 Å². The van der Waals surface area contributed by atoms with Crippen molar-refractivity contribution >= 4 is 17.7 Å². The number of ether oxygens (including phenoxy) is 1. The van der Waals surface area contributed by atoms with Crippen LogP contribution in [0.3, 0.4) is 0 Å². The quantitative estimate of drug-likeness (QED) is 0.780. The van der Waals surface area contributed by atoms with Crippen LogP contribution in [0.1, 0.15) is 26.2 Å². The van der Waals surface area contributed by atoms with E-state index in [1.807, 2.05) is 18.7 Å². The van der Waals surface area contributed by atoms with E-state index in [0.29, 0.717) is 6.61 Å². The Hall–Kier alpha value is -0.260. The second kappa shape index (κ2) is 6.78. The Balaban J connectivity index is 2.13. The molecule has 2 aliphatic heterocycles. The average molecular weight is 272 g/mol. The van der Waals surface area contributed by atoms with E-state index in [4.69, 9.17) is 4.74 Å². The fourth-order valence-corrected chi connectivity index (χ4v) is 4.07. The standard InChI is InChI=1S/C13H24N2O2S/c1-2-17-12(16)13(4-10-18-11-5-13)15-8-3-6-14-7-9-15/h14H,2-11H2,1H3. The Morgan fingerprint density at radius 2 is 2.11 bits per heavy atom. The van der Waals surface area contributed by atoms with Crippen molar-refractivity contribution < 1.29 is 9.53 Å². The summed E-state index contributed by atoms with van der Waals surface area (Å²) in [6.07, 6.45) is 3.00. The molecule has 2 fully saturated rings. The monoisotopic (exact) mass is 272 g/mol. The van der Waals surface area contributed by atoms with Gasteiger partial charge >= 0.3 is 5.97 Å². The highest BCUT2D eigenvalue weighted by atomic mass is 32.2. The largest absolute Gasteiger partial charge is 0.465 e. The Bertz CT molecular complexity index is 272. The molecule has 5 heteroatoms. The van der Waals surface area contributed by atoms with E-state index >= 15 is 0 Å². The Morgan fingerprint density at radius 1 is 1.33 bits per heavy atom. The topological polar surface area (TPSA) is 41.6 Å². The van der Waals surface area contributed by atoms with Crippen molar-refractivity contribution in [3.8, 4) is 0 Å². The summed E-state index contributed by atoms with van der Waals surface area (Å²) in [5.41, 5.74) is -0.340. The molecular formula is C13H24N2O2S. The van der Waals surface area contributed by atoms with Crippen molar-refractivity contribution in [1.82, 2.24) is 10.2 Å². The van der Waals surface area contributed by atoms with E-state index in [1.165, 1.54) is 0 Å². The van der Waals surface area contributed by atoms with Gasteiger partial charge in [0.1, 0.15) is 5.54 Å². The fourth-order valence-electron chi connectivity index (χ4n) is 2.90. The molecule has 2 heterocycles. The van der Waals surface area contributed by atoms with E-state index in [2.05, 4.69) is 10.2 Å². The van der Waals surface area contributed by atoms with Crippen LogP contribution >= 0.6 is 11.8 Å². The van der Waals surface area contributed by atoms with Gasteiger partial charge in [-0.05, 0) is 44.2 Å². The summed E-state index contributed by atoms with van der Waals surface area (Å²) < 4.78 is 5.37. The number of nitrogens with one attached hydrogen (secondary N) is 1. The molecule has 0 unspecified atom stereocenters. The van der Waals surface area contributed by atoms with Gasteiger partial charge in [-0.25, -0.2) is 0 Å². The maximum Gasteiger partial charge on any atom is 0.326 e. The lowest BCUT2D eigenvalue weighted by atomic mass is 9.89. The highest BCUT2D eigenvalue weighted by molar-refractivity contribution is 7.99. The zero-order valence-corrected chi connectivity index (χ0v) is 12.1. The third-order valence-electron chi connectivity index (χ3n) is 3.92. The van der Waals surface area contributed by atoms with Gasteiger partial charge in [0.2, 0.25) is 0 Å². The van der Waals surface area contributed by atoms with Crippen molar-refractivity contribution in [2.75, 3.05) is 44.3 Å². The summed E-state index contributed by atoms with van der Waals surface area (Å²) in [5, 5.41) is 3.41. The highest BCUT2D eigenvalue weighted by Crippen LogP contribution is 2.34. The van der Waals surface area contributed by atoms with Crippen molar-refractivity contribution in [2.24, 2.45) is 0 Å². The highest BCUT2D eigenvalue weighted by Gasteiger charge is 2.46. The molecule has 0 spiro atoms. The van der Waals surface area contributed by atoms with Crippen LogP contribution in [0, 0.1) is 0 Å². The molecule has 0 aromatic rings. The van der Waals surface area contributed by atoms with Gasteiger partial charge in [-0.1, -0.05) is 0 Å². The first-order valence-corrected chi connectivity index (χ1v) is 8.16. The fraction of sp³-hybridized carbons (Fsp3) is 0.923. The van der Waals surface area contributed by atoms with Crippen LogP contribution in [0.5, 0.6) is 0 Å². The molecule has 0 aliphatic carbocycles. The number of esters is 1. The van der Waals surface area contributed by atoms with E-state index < -0.39 is 0 Å². The number of hydrogen-bond donors (Lipinski definition) is 1. The lowest BCUT2D eigenvalue weighted by molar-refractivity contribution is -0.159. The summed E-state index contributed by atoms with van der Waals surface area (Å²) in [4.78, 5) is 14.8. The van der Waals surface area contributed by atoms with E-state index in [0.717, 1.165) is 56.9 Å². The second-order valence-corrected chi connectivity index (χ2v) is 6.18. The summed E-state index contributed by atoms with van der Waals surface area (Å²) in [6.45, 7) is 6.39. The molecule has 0 radical (unpaired) electrons. The number of carbonyl (C=O) groups is 1. The molecule has 104 valence electrons. The van der Waals surface area contributed by atoms with Gasteiger partial charge in [0.05, 0.1) is 6.61 Å². The maximum atomic E-state index is 12.4. The van der Waals surface area contributed by atoms with Crippen LogP contribution in [-0.2, 0) is 9.53 Å². The minimum absolute atomic E-state index is 0.00667. The number of rotatable bonds is 3. The lowest BCUT2D eigenvalue weighted by Gasteiger charge is -2.43. The molecule has 0 aromatic heterocycles. The molecule has 0 bridgehead atoms. The minimum atomic E-state index is -0.340. The van der Waals surface area contributed by atoms with Gasteiger partial charge in [-0.15, -0.1) is 0 Å². The predicted octanol–water partition coefficient (Wildman–Crippen LogP) is 1.11. The van der Waals surface area contributed by atoms with E-state index in [9.17, 15) is 4.79 Å². The SMILES string of the molecule is CCOC(=O)C1(N2CCCNCC2)CCSCC1. The first-order valence-electron chi connectivity index (χ1n) is 7.00. The third-order valence-corrected chi connectivity index (χ3v) is 4.91. The Kier molecular flexibility index (Phi) is 5.33. The molecule has 2 rings (SSSR count). The van der Waals surface area contributed by atoms with Gasteiger partial charge in [0.15, 0.2) is 0 Å². The van der Waals surface area contributed by atoms with Crippen molar-refractivity contribution in [2.45, 2.75) is 31.7 Å². The molecule has 1 N–H and O–H groups in total. The molecule has 2 saturated heterocycles. The van der Waals surface area contributed by atoms with Crippen molar-refractivity contribution in [3.05, 3.63) is 0 Å². The summed E-state index contributed by atoms with van der Waals surface area (Å²) in [7, 11) is 0. The van der Waals surface area contributed by atoms with Crippen molar-refractivity contribution in [1.29, 1.82) is 0 Å². The molecule has 4 nitrogen and oxygen atoms in total.